The number of ether oxygens (including phenoxy) is 5. The van der Waals surface area contributed by atoms with Crippen LogP contribution in [0.1, 0.15) is 0 Å². The van der Waals surface area contributed by atoms with Crippen molar-refractivity contribution in [1.82, 2.24) is 0 Å². The molecule has 0 bridgehead atoms. The summed E-state index contributed by atoms with van der Waals surface area (Å²) in [6.07, 6.45) is -24.2. The summed E-state index contributed by atoms with van der Waals surface area (Å²) >= 11 is 0. The Balaban J connectivity index is 1.72. The van der Waals surface area contributed by atoms with Crippen LogP contribution in [0.25, 0.3) is 0 Å². The highest BCUT2D eigenvalue weighted by atomic mass is 16.7. The molecule has 3 aliphatic heterocycles. The lowest BCUT2D eigenvalue weighted by Gasteiger charge is -2.48. The minimum atomic E-state index is -1.85. The molecule has 0 aromatic rings. The molecule has 3 heterocycles. The lowest BCUT2D eigenvalue weighted by molar-refractivity contribution is -0.374. The predicted octanol–water partition coefficient (Wildman–Crippen LogP) is -7.61. The van der Waals surface area contributed by atoms with E-state index in [-0.39, 0.29) is 6.54 Å². The Labute approximate surface area is 193 Å². The van der Waals surface area contributed by atoms with Crippen molar-refractivity contribution in [3.8, 4) is 0 Å². The standard InChI is InChI=1S/C18H33NO15/c19-1-4-14(33-17-12(27)8(23)7(22)5(2-20)32-17)10(25)13(28)18(31-4)34-15-6(3-21)30-16(29)11(26)9(15)24/h4-18,20-29H,1-3,19H2/t4-,5-,6-,7-,8+,9-,10-,11-,12-,13-,14-,15-,16+,17-,18-/m1/s1. The highest BCUT2D eigenvalue weighted by molar-refractivity contribution is 4.96. The molecule has 0 aliphatic carbocycles. The minimum Gasteiger partial charge on any atom is -0.394 e. The van der Waals surface area contributed by atoms with Crippen molar-refractivity contribution in [2.75, 3.05) is 19.8 Å². The minimum absolute atomic E-state index is 0.319. The summed E-state index contributed by atoms with van der Waals surface area (Å²) in [5.74, 6) is 0. The maximum absolute atomic E-state index is 10.7. The summed E-state index contributed by atoms with van der Waals surface area (Å²) in [4.78, 5) is 0. The first-order valence-electron chi connectivity index (χ1n) is 10.7. The monoisotopic (exact) mass is 503 g/mol. The van der Waals surface area contributed by atoms with Gasteiger partial charge in [-0.25, -0.2) is 0 Å². The van der Waals surface area contributed by atoms with Crippen molar-refractivity contribution in [2.24, 2.45) is 5.73 Å². The zero-order valence-electron chi connectivity index (χ0n) is 17.9. The predicted molar refractivity (Wildman–Crippen MR) is 103 cm³/mol. The van der Waals surface area contributed by atoms with Gasteiger partial charge in [-0.15, -0.1) is 0 Å². The summed E-state index contributed by atoms with van der Waals surface area (Å²) in [7, 11) is 0. The average Bonchev–Trinajstić information content (AvgIpc) is 2.83. The first kappa shape index (κ1) is 27.9. The third-order valence-corrected chi connectivity index (χ3v) is 6.14. The fraction of sp³-hybridized carbons (Fsp3) is 1.00. The largest absolute Gasteiger partial charge is 0.394 e. The van der Waals surface area contributed by atoms with Gasteiger partial charge < -0.3 is 80.5 Å². The zero-order valence-corrected chi connectivity index (χ0v) is 17.9. The van der Waals surface area contributed by atoms with E-state index in [0.717, 1.165) is 0 Å². The Bertz CT molecular complexity index is 640. The second-order valence-corrected chi connectivity index (χ2v) is 8.39. The van der Waals surface area contributed by atoms with Gasteiger partial charge in [-0.2, -0.15) is 0 Å². The molecule has 34 heavy (non-hydrogen) atoms. The van der Waals surface area contributed by atoms with Gasteiger partial charge in [-0.05, 0) is 0 Å². The second kappa shape index (κ2) is 11.6. The number of aliphatic hydroxyl groups is 10. The smallest absolute Gasteiger partial charge is 0.187 e. The van der Waals surface area contributed by atoms with Gasteiger partial charge in [-0.1, -0.05) is 0 Å². The maximum atomic E-state index is 10.7. The molecule has 0 unspecified atom stereocenters. The van der Waals surface area contributed by atoms with Crippen molar-refractivity contribution >= 4 is 0 Å². The molecule has 15 atom stereocenters. The number of aliphatic hydroxyl groups excluding tert-OH is 10. The molecule has 0 saturated carbocycles. The number of nitrogens with two attached hydrogens (primary N) is 1. The Hall–Kier alpha value is -0.640. The summed E-state index contributed by atoms with van der Waals surface area (Å²) in [5.41, 5.74) is 5.69. The van der Waals surface area contributed by atoms with Crippen LogP contribution in [0, 0.1) is 0 Å². The molecule has 0 radical (unpaired) electrons. The topological polar surface area (TPSA) is 274 Å². The molecule has 0 aromatic carbocycles. The van der Waals surface area contributed by atoms with Crippen LogP contribution in [0.5, 0.6) is 0 Å². The number of hydrogen-bond acceptors (Lipinski definition) is 16. The van der Waals surface area contributed by atoms with Gasteiger partial charge in [0.2, 0.25) is 0 Å². The third kappa shape index (κ3) is 5.37. The van der Waals surface area contributed by atoms with Gasteiger partial charge in [0.1, 0.15) is 73.2 Å². The van der Waals surface area contributed by atoms with Crippen LogP contribution in [0.2, 0.25) is 0 Å². The van der Waals surface area contributed by atoms with Gasteiger partial charge >= 0.3 is 0 Å². The molecule has 3 saturated heterocycles. The van der Waals surface area contributed by atoms with E-state index in [1.54, 1.807) is 0 Å². The molecule has 0 amide bonds. The molecule has 16 nitrogen and oxygen atoms in total. The zero-order chi connectivity index (χ0) is 25.3. The van der Waals surface area contributed by atoms with Crippen molar-refractivity contribution in [3.63, 3.8) is 0 Å². The van der Waals surface area contributed by atoms with Gasteiger partial charge in [-0.3, -0.25) is 0 Å². The Kier molecular flexibility index (Phi) is 9.54. The van der Waals surface area contributed by atoms with E-state index in [1.165, 1.54) is 0 Å². The van der Waals surface area contributed by atoms with Gasteiger partial charge in [0.15, 0.2) is 18.9 Å². The molecule has 3 aliphatic rings. The maximum Gasteiger partial charge on any atom is 0.187 e. The van der Waals surface area contributed by atoms with Gasteiger partial charge in [0.05, 0.1) is 13.2 Å². The van der Waals surface area contributed by atoms with Crippen LogP contribution in [0.15, 0.2) is 0 Å². The summed E-state index contributed by atoms with van der Waals surface area (Å²) in [6, 6.07) is 0. The summed E-state index contributed by atoms with van der Waals surface area (Å²) < 4.78 is 26.7. The van der Waals surface area contributed by atoms with E-state index in [1.807, 2.05) is 0 Å². The summed E-state index contributed by atoms with van der Waals surface area (Å²) in [5, 5.41) is 99.6. The molecular formula is C18H33NO15. The SMILES string of the molecule is NC[C@H]1O[C@H](O[C@H]2[C@H](O)[C@@H](O)[C@@H](O)O[C@@H]2CO)[C@H](O)[C@@H](O)[C@@H]1O[C@H]1O[C@H](CO)[C@@H](O)[C@H](O)[C@H]1O. The quantitative estimate of drug-likeness (QED) is 0.154. The van der Waals surface area contributed by atoms with Gasteiger partial charge in [0.25, 0.3) is 0 Å². The van der Waals surface area contributed by atoms with E-state index in [9.17, 15) is 51.1 Å². The molecule has 200 valence electrons. The van der Waals surface area contributed by atoms with E-state index in [2.05, 4.69) is 0 Å². The van der Waals surface area contributed by atoms with Crippen molar-refractivity contribution < 1.29 is 74.7 Å². The Morgan fingerprint density at radius 3 is 1.53 bits per heavy atom. The van der Waals surface area contributed by atoms with E-state index in [4.69, 9.17) is 29.4 Å². The molecule has 3 rings (SSSR count). The lowest BCUT2D eigenvalue weighted by atomic mass is 9.96. The van der Waals surface area contributed by atoms with E-state index in [0.29, 0.717) is 0 Å². The highest BCUT2D eigenvalue weighted by Crippen LogP contribution is 2.31. The van der Waals surface area contributed by atoms with E-state index < -0.39 is 105 Å². The summed E-state index contributed by atoms with van der Waals surface area (Å²) in [6.45, 7) is -1.77. The van der Waals surface area contributed by atoms with Crippen molar-refractivity contribution in [3.05, 3.63) is 0 Å². The van der Waals surface area contributed by atoms with Crippen LogP contribution in [-0.2, 0) is 23.7 Å². The van der Waals surface area contributed by atoms with Crippen molar-refractivity contribution in [2.45, 2.75) is 92.1 Å². The molecule has 0 aromatic heterocycles. The normalized spacial score (nSPS) is 52.5. The van der Waals surface area contributed by atoms with Crippen molar-refractivity contribution in [1.29, 1.82) is 0 Å². The first-order valence-corrected chi connectivity index (χ1v) is 10.7. The lowest BCUT2D eigenvalue weighted by Crippen LogP contribution is -2.66. The second-order valence-electron chi connectivity index (χ2n) is 8.39. The molecule has 0 spiro atoms. The van der Waals surface area contributed by atoms with Gasteiger partial charge in [0, 0.05) is 6.54 Å². The average molecular weight is 503 g/mol. The van der Waals surface area contributed by atoms with Crippen LogP contribution < -0.4 is 5.73 Å². The molecule has 3 fully saturated rings. The van der Waals surface area contributed by atoms with Crippen LogP contribution >= 0.6 is 0 Å². The fourth-order valence-corrected chi connectivity index (χ4v) is 4.10. The fourth-order valence-electron chi connectivity index (χ4n) is 4.10. The van der Waals surface area contributed by atoms with Crippen LogP contribution in [-0.4, -0.2) is 163 Å². The Morgan fingerprint density at radius 1 is 0.529 bits per heavy atom. The van der Waals surface area contributed by atoms with E-state index >= 15 is 0 Å². The Morgan fingerprint density at radius 2 is 1.00 bits per heavy atom. The molecule has 16 heteroatoms. The third-order valence-electron chi connectivity index (χ3n) is 6.14. The number of rotatable bonds is 7. The first-order chi connectivity index (χ1) is 16.0. The molecule has 12 N–H and O–H groups in total. The highest BCUT2D eigenvalue weighted by Gasteiger charge is 2.53. The van der Waals surface area contributed by atoms with Crippen LogP contribution in [0.3, 0.4) is 0 Å². The van der Waals surface area contributed by atoms with Crippen LogP contribution in [0.4, 0.5) is 0 Å². The number of hydrogen-bond donors (Lipinski definition) is 11. The molecular weight excluding hydrogens is 470 g/mol.